The van der Waals surface area contributed by atoms with Gasteiger partial charge in [0.15, 0.2) is 0 Å². The van der Waals surface area contributed by atoms with Crippen LogP contribution < -0.4 is 5.56 Å². The van der Waals surface area contributed by atoms with Gasteiger partial charge in [-0.25, -0.2) is 0 Å². The van der Waals surface area contributed by atoms with Crippen molar-refractivity contribution in [3.8, 4) is 0 Å². The molecule has 2 bridgehead atoms. The number of rotatable bonds is 1. The summed E-state index contributed by atoms with van der Waals surface area (Å²) < 4.78 is 1.65. The zero-order valence-corrected chi connectivity index (χ0v) is 15.0. The third-order valence-electron chi connectivity index (χ3n) is 6.05. The van der Waals surface area contributed by atoms with Crippen LogP contribution in [0.4, 0.5) is 0 Å². The van der Waals surface area contributed by atoms with Crippen molar-refractivity contribution in [2.45, 2.75) is 44.2 Å². The number of pyridine rings is 1. The second kappa shape index (κ2) is 6.54. The zero-order chi connectivity index (χ0) is 18.4. The lowest BCUT2D eigenvalue weighted by Gasteiger charge is -2.47. The van der Waals surface area contributed by atoms with Crippen LogP contribution in [0.3, 0.4) is 0 Å². The number of hydrogen-bond donors (Lipinski definition) is 1. The van der Waals surface area contributed by atoms with E-state index in [-0.39, 0.29) is 29.2 Å². The Hall–Kier alpha value is -2.15. The molecule has 2 saturated heterocycles. The molecule has 4 atom stereocenters. The molecular formula is C19H25N3O4. The van der Waals surface area contributed by atoms with Gasteiger partial charge in [0, 0.05) is 56.7 Å². The number of β-amino-alcohol motifs (C(OH)–C–C–N with tert-alkyl or cyclic N) is 1. The predicted octanol–water partition coefficient (Wildman–Crippen LogP) is 0.338. The van der Waals surface area contributed by atoms with Crippen LogP contribution in [-0.2, 0) is 9.59 Å². The van der Waals surface area contributed by atoms with E-state index in [2.05, 4.69) is 0 Å². The summed E-state index contributed by atoms with van der Waals surface area (Å²) in [6.45, 7) is 3.57. The van der Waals surface area contributed by atoms with E-state index >= 15 is 0 Å². The summed E-state index contributed by atoms with van der Waals surface area (Å²) in [5.41, 5.74) is 0.681. The van der Waals surface area contributed by atoms with Crippen LogP contribution in [0.15, 0.2) is 23.0 Å². The monoisotopic (exact) mass is 359 g/mol. The average molecular weight is 359 g/mol. The Morgan fingerprint density at radius 2 is 1.96 bits per heavy atom. The number of nitrogens with zero attached hydrogens (tertiary/aromatic N) is 3. The molecule has 1 N–H and O–H groups in total. The minimum atomic E-state index is -0.595. The fourth-order valence-corrected chi connectivity index (χ4v) is 4.85. The van der Waals surface area contributed by atoms with Gasteiger partial charge in [-0.1, -0.05) is 6.07 Å². The number of amides is 2. The molecule has 1 aromatic heterocycles. The number of aromatic nitrogens is 1. The molecule has 4 heterocycles. The third kappa shape index (κ3) is 2.84. The van der Waals surface area contributed by atoms with Crippen molar-refractivity contribution in [2.75, 3.05) is 26.2 Å². The molecule has 0 aliphatic carbocycles. The number of hydrogen-bond acceptors (Lipinski definition) is 4. The molecule has 0 radical (unpaired) electrons. The van der Waals surface area contributed by atoms with Crippen LogP contribution in [0.25, 0.3) is 0 Å². The van der Waals surface area contributed by atoms with Crippen LogP contribution >= 0.6 is 0 Å². The van der Waals surface area contributed by atoms with E-state index in [1.54, 1.807) is 27.4 Å². The quantitative estimate of drug-likeness (QED) is 0.784. The van der Waals surface area contributed by atoms with E-state index in [0.717, 1.165) is 18.5 Å². The smallest absolute Gasteiger partial charge is 0.251 e. The molecule has 1 aromatic rings. The Morgan fingerprint density at radius 3 is 2.69 bits per heavy atom. The molecule has 7 nitrogen and oxygen atoms in total. The van der Waals surface area contributed by atoms with Gasteiger partial charge in [-0.2, -0.15) is 0 Å². The maximum absolute atomic E-state index is 13.3. The first kappa shape index (κ1) is 17.3. The van der Waals surface area contributed by atoms with E-state index in [0.29, 0.717) is 32.6 Å². The molecule has 2 amide bonds. The number of fused-ring (bicyclic) bond motifs is 4. The molecule has 26 heavy (non-hydrogen) atoms. The van der Waals surface area contributed by atoms with Crippen molar-refractivity contribution in [3.05, 3.63) is 34.2 Å². The van der Waals surface area contributed by atoms with Gasteiger partial charge in [0.05, 0.1) is 6.10 Å². The minimum Gasteiger partial charge on any atom is -0.391 e. The van der Waals surface area contributed by atoms with Gasteiger partial charge in [-0.15, -0.1) is 0 Å². The van der Waals surface area contributed by atoms with E-state index in [4.69, 9.17) is 0 Å². The molecule has 3 aliphatic rings. The summed E-state index contributed by atoms with van der Waals surface area (Å²) in [4.78, 5) is 41.4. The second-order valence-electron chi connectivity index (χ2n) is 7.80. The number of carbonyl (C=O) groups is 2. The molecule has 140 valence electrons. The highest BCUT2D eigenvalue weighted by Crippen LogP contribution is 2.42. The maximum atomic E-state index is 13.3. The second-order valence-corrected chi connectivity index (χ2v) is 7.80. The number of likely N-dealkylation sites (tertiary alicyclic amines) is 2. The van der Waals surface area contributed by atoms with Crippen LogP contribution in [0.1, 0.15) is 43.8 Å². The van der Waals surface area contributed by atoms with Crippen molar-refractivity contribution >= 4 is 11.8 Å². The normalized spacial score (nSPS) is 30.7. The van der Waals surface area contributed by atoms with Crippen molar-refractivity contribution in [2.24, 2.45) is 5.92 Å². The van der Waals surface area contributed by atoms with E-state index in [9.17, 15) is 19.5 Å². The Morgan fingerprint density at radius 1 is 1.15 bits per heavy atom. The average Bonchev–Trinajstić information content (AvgIpc) is 2.62. The highest BCUT2D eigenvalue weighted by atomic mass is 16.3. The van der Waals surface area contributed by atoms with Crippen LogP contribution in [-0.4, -0.2) is 63.6 Å². The summed E-state index contributed by atoms with van der Waals surface area (Å²) in [6.07, 6.45) is 1.77. The van der Waals surface area contributed by atoms with Crippen molar-refractivity contribution in [3.63, 3.8) is 0 Å². The molecule has 7 heteroatoms. The molecule has 0 spiro atoms. The zero-order valence-electron chi connectivity index (χ0n) is 15.0. The molecule has 0 aromatic carbocycles. The third-order valence-corrected chi connectivity index (χ3v) is 6.05. The molecule has 4 rings (SSSR count). The number of piperidine rings is 2. The van der Waals surface area contributed by atoms with E-state index in [1.807, 2.05) is 6.07 Å². The van der Waals surface area contributed by atoms with Gasteiger partial charge in [0.1, 0.15) is 6.04 Å². The molecular weight excluding hydrogens is 334 g/mol. The highest BCUT2D eigenvalue weighted by molar-refractivity contribution is 5.82. The standard InChI is InChI=1S/C19H25N3O4/c1-12(23)21-9-13-8-14(10-21)18(22-16(13)5-2-6-17(22)25)19(26)20-7-3-4-15(24)11-20/h2,5-6,13-15,18,24H,3-4,7-11H2,1H3/t13-,14+,15+,18-/m1/s1. The Kier molecular flexibility index (Phi) is 4.34. The topological polar surface area (TPSA) is 82.8 Å². The summed E-state index contributed by atoms with van der Waals surface area (Å²) in [6, 6.07) is 4.53. The van der Waals surface area contributed by atoms with Gasteiger partial charge in [0.2, 0.25) is 11.8 Å². The first-order valence-electron chi connectivity index (χ1n) is 9.39. The number of carbonyl (C=O) groups excluding carboxylic acids is 2. The Bertz CT molecular complexity index is 789. The number of aliphatic hydroxyl groups is 1. The number of aliphatic hydroxyl groups excluding tert-OH is 1. The summed E-state index contributed by atoms with van der Waals surface area (Å²) in [7, 11) is 0. The Labute approximate surface area is 152 Å². The van der Waals surface area contributed by atoms with Gasteiger partial charge >= 0.3 is 0 Å². The largest absolute Gasteiger partial charge is 0.391 e. The maximum Gasteiger partial charge on any atom is 0.251 e. The molecule has 0 unspecified atom stereocenters. The SMILES string of the molecule is CC(=O)N1C[C@H]2C[C@@H](C1)[C@H](C(=O)N1CCC[C@H](O)C1)n1c2cccc1=O. The summed E-state index contributed by atoms with van der Waals surface area (Å²) in [5, 5.41) is 9.95. The van der Waals surface area contributed by atoms with Crippen molar-refractivity contribution < 1.29 is 14.7 Å². The molecule has 3 aliphatic heterocycles. The van der Waals surface area contributed by atoms with Gasteiger partial charge in [0.25, 0.3) is 5.56 Å². The van der Waals surface area contributed by atoms with Crippen LogP contribution in [0, 0.1) is 5.92 Å². The predicted molar refractivity (Wildman–Crippen MR) is 94.7 cm³/mol. The fraction of sp³-hybridized carbons (Fsp3) is 0.632. The minimum absolute atomic E-state index is 0.00558. The van der Waals surface area contributed by atoms with Crippen molar-refractivity contribution in [1.82, 2.24) is 14.4 Å². The molecule has 2 fully saturated rings. The lowest BCUT2D eigenvalue weighted by atomic mass is 9.77. The summed E-state index contributed by atoms with van der Waals surface area (Å²) in [5.74, 6) is -0.0856. The van der Waals surface area contributed by atoms with Crippen LogP contribution in [0.5, 0.6) is 0 Å². The fourth-order valence-electron chi connectivity index (χ4n) is 4.85. The lowest BCUT2D eigenvalue weighted by Crippen LogP contribution is -2.56. The van der Waals surface area contributed by atoms with E-state index < -0.39 is 12.1 Å². The first-order chi connectivity index (χ1) is 12.5. The van der Waals surface area contributed by atoms with Gasteiger partial charge < -0.3 is 14.9 Å². The lowest BCUT2D eigenvalue weighted by molar-refractivity contribution is -0.144. The molecule has 0 saturated carbocycles. The van der Waals surface area contributed by atoms with Crippen molar-refractivity contribution in [1.29, 1.82) is 0 Å². The highest BCUT2D eigenvalue weighted by Gasteiger charge is 2.45. The van der Waals surface area contributed by atoms with Crippen LogP contribution in [0.2, 0.25) is 0 Å². The summed E-state index contributed by atoms with van der Waals surface area (Å²) >= 11 is 0. The Balaban J connectivity index is 1.75. The van der Waals surface area contributed by atoms with Gasteiger partial charge in [-0.3, -0.25) is 19.0 Å². The van der Waals surface area contributed by atoms with E-state index in [1.165, 1.54) is 6.07 Å². The van der Waals surface area contributed by atoms with Gasteiger partial charge in [-0.05, 0) is 25.3 Å². The first-order valence-corrected chi connectivity index (χ1v) is 9.39.